The SMILES string of the molecule is CC(C)n1cc(CCNC(=O)c2ccc3c(c2)OCO3)c2ccccc21. The summed E-state index contributed by atoms with van der Waals surface area (Å²) in [5, 5.41) is 4.25. The Bertz CT molecular complexity index is 959. The fourth-order valence-electron chi connectivity index (χ4n) is 3.35. The molecule has 0 radical (unpaired) electrons. The first-order valence-electron chi connectivity index (χ1n) is 8.90. The van der Waals surface area contributed by atoms with Gasteiger partial charge in [0.25, 0.3) is 5.91 Å². The number of carbonyl (C=O) groups is 1. The number of para-hydroxylation sites is 1. The molecule has 0 unspecified atom stereocenters. The maximum absolute atomic E-state index is 12.4. The Morgan fingerprint density at radius 3 is 2.81 bits per heavy atom. The van der Waals surface area contributed by atoms with E-state index in [0.717, 1.165) is 6.42 Å². The molecule has 5 nitrogen and oxygen atoms in total. The fourth-order valence-corrected chi connectivity index (χ4v) is 3.35. The van der Waals surface area contributed by atoms with Crippen molar-refractivity contribution in [3.63, 3.8) is 0 Å². The maximum Gasteiger partial charge on any atom is 0.251 e. The van der Waals surface area contributed by atoms with Gasteiger partial charge < -0.3 is 19.4 Å². The van der Waals surface area contributed by atoms with Crippen LogP contribution in [0.5, 0.6) is 11.5 Å². The summed E-state index contributed by atoms with van der Waals surface area (Å²) in [6.07, 6.45) is 2.98. The Kier molecular flexibility index (Phi) is 4.29. The highest BCUT2D eigenvalue weighted by atomic mass is 16.7. The van der Waals surface area contributed by atoms with Crippen LogP contribution in [0.3, 0.4) is 0 Å². The molecule has 4 rings (SSSR count). The lowest BCUT2D eigenvalue weighted by molar-refractivity contribution is 0.0953. The summed E-state index contributed by atoms with van der Waals surface area (Å²) in [5.74, 6) is 1.21. The molecule has 1 N–H and O–H groups in total. The number of ether oxygens (including phenoxy) is 2. The van der Waals surface area contributed by atoms with Crippen LogP contribution < -0.4 is 14.8 Å². The van der Waals surface area contributed by atoms with E-state index in [9.17, 15) is 4.79 Å². The molecule has 1 aliphatic heterocycles. The minimum Gasteiger partial charge on any atom is -0.454 e. The third-order valence-corrected chi connectivity index (χ3v) is 4.69. The van der Waals surface area contributed by atoms with Crippen LogP contribution in [0.4, 0.5) is 0 Å². The highest BCUT2D eigenvalue weighted by molar-refractivity contribution is 5.95. The lowest BCUT2D eigenvalue weighted by Gasteiger charge is -2.08. The molecule has 2 aromatic carbocycles. The quantitative estimate of drug-likeness (QED) is 0.759. The molecule has 134 valence electrons. The number of hydrogen-bond acceptors (Lipinski definition) is 3. The number of hydrogen-bond donors (Lipinski definition) is 1. The normalized spacial score (nSPS) is 12.7. The van der Waals surface area contributed by atoms with E-state index in [-0.39, 0.29) is 12.7 Å². The molecular formula is C21H22N2O3. The average molecular weight is 350 g/mol. The summed E-state index contributed by atoms with van der Waals surface area (Å²) < 4.78 is 12.9. The first-order chi connectivity index (χ1) is 12.6. The molecule has 0 bridgehead atoms. The fraction of sp³-hybridized carbons (Fsp3) is 0.286. The van der Waals surface area contributed by atoms with Crippen molar-refractivity contribution >= 4 is 16.8 Å². The summed E-state index contributed by atoms with van der Waals surface area (Å²) >= 11 is 0. The van der Waals surface area contributed by atoms with Gasteiger partial charge in [-0.1, -0.05) is 18.2 Å². The summed E-state index contributed by atoms with van der Waals surface area (Å²) in [6, 6.07) is 14.1. The van der Waals surface area contributed by atoms with Crippen molar-refractivity contribution < 1.29 is 14.3 Å². The molecule has 3 aromatic rings. The van der Waals surface area contributed by atoms with Crippen molar-refractivity contribution in [2.75, 3.05) is 13.3 Å². The summed E-state index contributed by atoms with van der Waals surface area (Å²) in [7, 11) is 0. The number of nitrogens with one attached hydrogen (secondary N) is 1. The molecule has 0 spiro atoms. The second-order valence-electron chi connectivity index (χ2n) is 6.75. The zero-order valence-corrected chi connectivity index (χ0v) is 15.0. The Hall–Kier alpha value is -2.95. The third-order valence-electron chi connectivity index (χ3n) is 4.69. The van der Waals surface area contributed by atoms with E-state index >= 15 is 0 Å². The summed E-state index contributed by atoms with van der Waals surface area (Å²) in [5.41, 5.74) is 3.07. The van der Waals surface area contributed by atoms with Crippen LogP contribution >= 0.6 is 0 Å². The second kappa shape index (κ2) is 6.75. The second-order valence-corrected chi connectivity index (χ2v) is 6.75. The number of amides is 1. The van der Waals surface area contributed by atoms with E-state index < -0.39 is 0 Å². The van der Waals surface area contributed by atoms with Gasteiger partial charge in [0.2, 0.25) is 6.79 Å². The molecule has 0 aliphatic carbocycles. The Morgan fingerprint density at radius 2 is 1.96 bits per heavy atom. The molecule has 26 heavy (non-hydrogen) atoms. The van der Waals surface area contributed by atoms with Crippen LogP contribution in [0, 0.1) is 0 Å². The van der Waals surface area contributed by atoms with Gasteiger partial charge in [-0.05, 0) is 50.1 Å². The average Bonchev–Trinajstić information content (AvgIpc) is 3.25. The predicted octanol–water partition coefficient (Wildman–Crippen LogP) is 3.92. The molecule has 2 heterocycles. The van der Waals surface area contributed by atoms with Crippen molar-refractivity contribution in [2.24, 2.45) is 0 Å². The highest BCUT2D eigenvalue weighted by Gasteiger charge is 2.16. The monoisotopic (exact) mass is 350 g/mol. The number of aromatic nitrogens is 1. The van der Waals surface area contributed by atoms with E-state index in [4.69, 9.17) is 9.47 Å². The van der Waals surface area contributed by atoms with Gasteiger partial charge in [-0.25, -0.2) is 0 Å². The van der Waals surface area contributed by atoms with E-state index in [2.05, 4.69) is 54.2 Å². The number of nitrogens with zero attached hydrogens (tertiary/aromatic N) is 1. The van der Waals surface area contributed by atoms with Crippen molar-refractivity contribution in [3.05, 3.63) is 59.8 Å². The van der Waals surface area contributed by atoms with E-state index in [0.29, 0.717) is 29.6 Å². The van der Waals surface area contributed by atoms with Crippen LogP contribution in [0.2, 0.25) is 0 Å². The third kappa shape index (κ3) is 3.01. The number of fused-ring (bicyclic) bond motifs is 2. The maximum atomic E-state index is 12.4. The number of carbonyl (C=O) groups excluding carboxylic acids is 1. The lowest BCUT2D eigenvalue weighted by atomic mass is 10.1. The Labute approximate surface area is 152 Å². The summed E-state index contributed by atoms with van der Waals surface area (Å²) in [6.45, 7) is 5.15. The Balaban J connectivity index is 1.45. The van der Waals surface area contributed by atoms with Crippen LogP contribution in [0.25, 0.3) is 10.9 Å². The molecule has 1 aromatic heterocycles. The van der Waals surface area contributed by atoms with Gasteiger partial charge in [0, 0.05) is 35.2 Å². The highest BCUT2D eigenvalue weighted by Crippen LogP contribution is 2.32. The first kappa shape index (κ1) is 16.5. The van der Waals surface area contributed by atoms with Crippen LogP contribution in [-0.2, 0) is 6.42 Å². The van der Waals surface area contributed by atoms with Gasteiger partial charge in [0.05, 0.1) is 0 Å². The zero-order valence-electron chi connectivity index (χ0n) is 15.0. The van der Waals surface area contributed by atoms with E-state index in [1.807, 2.05) is 0 Å². The Morgan fingerprint density at radius 1 is 1.15 bits per heavy atom. The van der Waals surface area contributed by atoms with Gasteiger partial charge in [0.1, 0.15) is 0 Å². The standard InChI is InChI=1S/C21H22N2O3/c1-14(2)23-12-16(17-5-3-4-6-18(17)23)9-10-22-21(24)15-7-8-19-20(11-15)26-13-25-19/h3-8,11-12,14H,9-10,13H2,1-2H3,(H,22,24). The molecule has 1 aliphatic rings. The molecule has 5 heteroatoms. The van der Waals surface area contributed by atoms with Crippen LogP contribution in [0.1, 0.15) is 35.8 Å². The van der Waals surface area contributed by atoms with Crippen LogP contribution in [0.15, 0.2) is 48.7 Å². The van der Waals surface area contributed by atoms with Crippen molar-refractivity contribution in [1.82, 2.24) is 9.88 Å². The number of rotatable bonds is 5. The first-order valence-corrected chi connectivity index (χ1v) is 8.90. The predicted molar refractivity (Wildman–Crippen MR) is 101 cm³/mol. The van der Waals surface area contributed by atoms with Gasteiger partial charge in [-0.15, -0.1) is 0 Å². The topological polar surface area (TPSA) is 52.5 Å². The van der Waals surface area contributed by atoms with Gasteiger partial charge in [0.15, 0.2) is 11.5 Å². The lowest BCUT2D eigenvalue weighted by Crippen LogP contribution is -2.25. The minimum atomic E-state index is -0.101. The zero-order chi connectivity index (χ0) is 18.1. The van der Waals surface area contributed by atoms with Crippen molar-refractivity contribution in [1.29, 1.82) is 0 Å². The minimum absolute atomic E-state index is 0.101. The van der Waals surface area contributed by atoms with Crippen LogP contribution in [-0.4, -0.2) is 23.8 Å². The van der Waals surface area contributed by atoms with Crippen molar-refractivity contribution in [3.8, 4) is 11.5 Å². The van der Waals surface area contributed by atoms with E-state index in [1.54, 1.807) is 18.2 Å². The molecule has 0 atom stereocenters. The van der Waals surface area contributed by atoms with Gasteiger partial charge in [-0.2, -0.15) is 0 Å². The molecule has 0 saturated heterocycles. The molecular weight excluding hydrogens is 328 g/mol. The molecule has 0 fully saturated rings. The largest absolute Gasteiger partial charge is 0.454 e. The van der Waals surface area contributed by atoms with Gasteiger partial charge in [-0.3, -0.25) is 4.79 Å². The van der Waals surface area contributed by atoms with Crippen molar-refractivity contribution in [2.45, 2.75) is 26.3 Å². The molecule has 1 amide bonds. The molecule has 0 saturated carbocycles. The van der Waals surface area contributed by atoms with E-state index in [1.165, 1.54) is 16.5 Å². The van der Waals surface area contributed by atoms with Gasteiger partial charge >= 0.3 is 0 Å². The smallest absolute Gasteiger partial charge is 0.251 e. The summed E-state index contributed by atoms with van der Waals surface area (Å²) in [4.78, 5) is 12.4. The number of benzene rings is 2.